The predicted molar refractivity (Wildman–Crippen MR) is 85.0 cm³/mol. The third-order valence-corrected chi connectivity index (χ3v) is 4.56. The molecular weight excluding hydrogens is 355 g/mol. The van der Waals surface area contributed by atoms with Crippen LogP contribution in [0.2, 0.25) is 0 Å². The molecule has 2 aromatic heterocycles. The number of aromatic nitrogens is 2. The molecule has 0 aliphatic heterocycles. The molecule has 0 aliphatic carbocycles. The molecule has 3 nitrogen and oxygen atoms in total. The van der Waals surface area contributed by atoms with E-state index >= 15 is 0 Å². The van der Waals surface area contributed by atoms with Gasteiger partial charge in [0.2, 0.25) is 0 Å². The summed E-state index contributed by atoms with van der Waals surface area (Å²) in [6.45, 7) is 0.372. The van der Waals surface area contributed by atoms with Gasteiger partial charge in [0.05, 0.1) is 16.0 Å². The summed E-state index contributed by atoms with van der Waals surface area (Å²) in [6.07, 6.45) is 0. The van der Waals surface area contributed by atoms with Crippen molar-refractivity contribution in [2.24, 2.45) is 0 Å². The van der Waals surface area contributed by atoms with E-state index in [2.05, 4.69) is 21.0 Å². The number of hydrogen-bond acceptors (Lipinski definition) is 3. The summed E-state index contributed by atoms with van der Waals surface area (Å²) in [6, 6.07) is 13.2. The fourth-order valence-corrected chi connectivity index (χ4v) is 3.42. The van der Waals surface area contributed by atoms with Gasteiger partial charge in [-0.25, -0.2) is 9.07 Å². The Bertz CT molecular complexity index is 843. The predicted octanol–water partition coefficient (Wildman–Crippen LogP) is 3.92. The Morgan fingerprint density at radius 1 is 1.14 bits per heavy atom. The Balaban J connectivity index is 2.00. The molecule has 1 aromatic carbocycles. The van der Waals surface area contributed by atoms with E-state index in [1.807, 2.05) is 12.1 Å². The van der Waals surface area contributed by atoms with Crippen molar-refractivity contribution in [2.45, 2.75) is 6.54 Å². The van der Waals surface area contributed by atoms with Crippen LogP contribution in [0.15, 0.2) is 57.1 Å². The molecule has 21 heavy (non-hydrogen) atoms. The lowest BCUT2D eigenvalue weighted by Gasteiger charge is -2.06. The summed E-state index contributed by atoms with van der Waals surface area (Å²) in [5.41, 5.74) is 0.626. The average molecular weight is 365 g/mol. The zero-order valence-electron chi connectivity index (χ0n) is 10.8. The van der Waals surface area contributed by atoms with Crippen molar-refractivity contribution in [3.05, 3.63) is 73.4 Å². The first-order chi connectivity index (χ1) is 10.1. The van der Waals surface area contributed by atoms with Crippen molar-refractivity contribution in [2.75, 3.05) is 0 Å². The topological polar surface area (TPSA) is 34.9 Å². The van der Waals surface area contributed by atoms with Crippen molar-refractivity contribution < 1.29 is 4.39 Å². The van der Waals surface area contributed by atoms with E-state index in [-0.39, 0.29) is 11.4 Å². The van der Waals surface area contributed by atoms with Crippen LogP contribution in [0.1, 0.15) is 4.88 Å². The molecule has 0 spiro atoms. The normalized spacial score (nSPS) is 10.8. The minimum atomic E-state index is -0.353. The molecular formula is C15H10BrFN2OS. The van der Waals surface area contributed by atoms with Gasteiger partial charge in [0, 0.05) is 16.5 Å². The van der Waals surface area contributed by atoms with Gasteiger partial charge >= 0.3 is 0 Å². The summed E-state index contributed by atoms with van der Waals surface area (Å²) >= 11 is 4.92. The Kier molecular flexibility index (Phi) is 3.98. The van der Waals surface area contributed by atoms with Gasteiger partial charge in [0.15, 0.2) is 0 Å². The smallest absolute Gasteiger partial charge is 0.267 e. The molecule has 6 heteroatoms. The van der Waals surface area contributed by atoms with E-state index in [9.17, 15) is 9.18 Å². The second kappa shape index (κ2) is 5.91. The van der Waals surface area contributed by atoms with Crippen LogP contribution in [-0.4, -0.2) is 9.78 Å². The van der Waals surface area contributed by atoms with Crippen LogP contribution in [-0.2, 0) is 6.54 Å². The maximum absolute atomic E-state index is 13.8. The summed E-state index contributed by atoms with van der Waals surface area (Å²) < 4.78 is 16.1. The van der Waals surface area contributed by atoms with E-state index in [0.717, 1.165) is 8.66 Å². The molecule has 0 amide bonds. The Hall–Kier alpha value is -1.79. The Labute approximate surface area is 132 Å². The van der Waals surface area contributed by atoms with Gasteiger partial charge in [0.1, 0.15) is 5.82 Å². The van der Waals surface area contributed by atoms with Crippen molar-refractivity contribution in [3.63, 3.8) is 0 Å². The van der Waals surface area contributed by atoms with Crippen molar-refractivity contribution >= 4 is 27.3 Å². The summed E-state index contributed by atoms with van der Waals surface area (Å²) in [5, 5.41) is 4.26. The van der Waals surface area contributed by atoms with Gasteiger partial charge in [0.25, 0.3) is 5.56 Å². The fraction of sp³-hybridized carbons (Fsp3) is 0.0667. The molecule has 3 rings (SSSR count). The van der Waals surface area contributed by atoms with E-state index in [0.29, 0.717) is 17.8 Å². The third-order valence-electron chi connectivity index (χ3n) is 2.95. The zero-order valence-corrected chi connectivity index (χ0v) is 13.2. The molecule has 3 aromatic rings. The van der Waals surface area contributed by atoms with Crippen LogP contribution < -0.4 is 5.56 Å². The average Bonchev–Trinajstić information content (AvgIpc) is 2.87. The summed E-state index contributed by atoms with van der Waals surface area (Å²) in [7, 11) is 0. The summed E-state index contributed by atoms with van der Waals surface area (Å²) in [4.78, 5) is 12.9. The Morgan fingerprint density at radius 2 is 1.95 bits per heavy atom. The molecule has 0 fully saturated rings. The van der Waals surface area contributed by atoms with Crippen LogP contribution in [0, 0.1) is 5.82 Å². The van der Waals surface area contributed by atoms with Crippen LogP contribution >= 0.6 is 27.3 Å². The second-order valence-corrected chi connectivity index (χ2v) is 6.95. The third kappa shape index (κ3) is 3.11. The molecule has 0 N–H and O–H groups in total. The molecule has 0 saturated carbocycles. The SMILES string of the molecule is O=c1ccc(-c2ccccc2F)nn1Cc1ccc(Br)s1. The highest BCUT2D eigenvalue weighted by molar-refractivity contribution is 9.11. The van der Waals surface area contributed by atoms with E-state index in [1.165, 1.54) is 28.2 Å². The van der Waals surface area contributed by atoms with E-state index in [1.54, 1.807) is 24.3 Å². The van der Waals surface area contributed by atoms with E-state index < -0.39 is 0 Å². The lowest BCUT2D eigenvalue weighted by molar-refractivity contribution is 0.622. The Morgan fingerprint density at radius 3 is 2.67 bits per heavy atom. The molecule has 0 radical (unpaired) electrons. The number of halogens is 2. The van der Waals surface area contributed by atoms with Crippen LogP contribution in [0.5, 0.6) is 0 Å². The molecule has 2 heterocycles. The minimum Gasteiger partial charge on any atom is -0.268 e. The van der Waals surface area contributed by atoms with Crippen molar-refractivity contribution in [1.29, 1.82) is 0 Å². The molecule has 0 atom stereocenters. The van der Waals surface area contributed by atoms with Crippen LogP contribution in [0.4, 0.5) is 4.39 Å². The molecule has 106 valence electrons. The lowest BCUT2D eigenvalue weighted by Crippen LogP contribution is -2.22. The lowest BCUT2D eigenvalue weighted by atomic mass is 10.1. The highest BCUT2D eigenvalue weighted by atomic mass is 79.9. The van der Waals surface area contributed by atoms with Crippen LogP contribution in [0.25, 0.3) is 11.3 Å². The van der Waals surface area contributed by atoms with Gasteiger partial charge in [-0.15, -0.1) is 11.3 Å². The number of thiophene rings is 1. The minimum absolute atomic E-state index is 0.209. The first-order valence-corrected chi connectivity index (χ1v) is 7.82. The van der Waals surface area contributed by atoms with Crippen molar-refractivity contribution in [1.82, 2.24) is 9.78 Å². The fourth-order valence-electron chi connectivity index (χ4n) is 1.96. The van der Waals surface area contributed by atoms with Crippen molar-refractivity contribution in [3.8, 4) is 11.3 Å². The van der Waals surface area contributed by atoms with Gasteiger partial charge in [-0.1, -0.05) is 12.1 Å². The maximum Gasteiger partial charge on any atom is 0.267 e. The van der Waals surface area contributed by atoms with Gasteiger partial charge in [-0.2, -0.15) is 5.10 Å². The molecule has 0 unspecified atom stereocenters. The maximum atomic E-state index is 13.8. The number of nitrogens with zero attached hydrogens (tertiary/aromatic N) is 2. The largest absolute Gasteiger partial charge is 0.268 e. The highest BCUT2D eigenvalue weighted by Crippen LogP contribution is 2.23. The highest BCUT2D eigenvalue weighted by Gasteiger charge is 2.08. The van der Waals surface area contributed by atoms with E-state index in [4.69, 9.17) is 0 Å². The second-order valence-electron chi connectivity index (χ2n) is 4.40. The standard InChI is InChI=1S/C15H10BrFN2OS/c16-14-7-5-10(21-14)9-19-15(20)8-6-13(18-19)11-3-1-2-4-12(11)17/h1-8H,9H2. The molecule has 0 aliphatic rings. The van der Waals surface area contributed by atoms with Gasteiger partial charge in [-0.05, 0) is 46.3 Å². The number of hydrogen-bond donors (Lipinski definition) is 0. The van der Waals surface area contributed by atoms with Crippen LogP contribution in [0.3, 0.4) is 0 Å². The zero-order chi connectivity index (χ0) is 14.8. The first kappa shape index (κ1) is 14.2. The number of rotatable bonds is 3. The molecule has 0 bridgehead atoms. The molecule has 0 saturated heterocycles. The number of benzene rings is 1. The van der Waals surface area contributed by atoms with Gasteiger partial charge < -0.3 is 0 Å². The van der Waals surface area contributed by atoms with Gasteiger partial charge in [-0.3, -0.25) is 4.79 Å². The monoisotopic (exact) mass is 364 g/mol. The summed E-state index contributed by atoms with van der Waals surface area (Å²) in [5.74, 6) is -0.353. The quantitative estimate of drug-likeness (QED) is 0.705. The first-order valence-electron chi connectivity index (χ1n) is 6.21.